The minimum Gasteiger partial charge on any atom is -0.465 e. The summed E-state index contributed by atoms with van der Waals surface area (Å²) in [5.41, 5.74) is -2.42. The van der Waals surface area contributed by atoms with Crippen LogP contribution < -0.4 is 5.32 Å². The smallest absolute Gasteiger partial charge is 0.413 e. The highest BCUT2D eigenvalue weighted by Gasteiger charge is 2.52. The number of rotatable bonds is 4. The zero-order valence-electron chi connectivity index (χ0n) is 21.2. The molecule has 2 amide bonds. The lowest BCUT2D eigenvalue weighted by Crippen LogP contribution is -2.55. The summed E-state index contributed by atoms with van der Waals surface area (Å²) in [6.45, 7) is 7.68. The van der Waals surface area contributed by atoms with Gasteiger partial charge in [0.25, 0.3) is 12.3 Å². The molecule has 1 saturated heterocycles. The number of nitrogens with one attached hydrogen (secondary N) is 1. The molecule has 0 aliphatic carbocycles. The van der Waals surface area contributed by atoms with Gasteiger partial charge in [-0.05, 0) is 45.4 Å². The maximum absolute atomic E-state index is 15.5. The summed E-state index contributed by atoms with van der Waals surface area (Å²) in [5, 5.41) is 12.7. The molecule has 3 unspecified atom stereocenters. The van der Waals surface area contributed by atoms with Gasteiger partial charge in [-0.3, -0.25) is 14.7 Å². The molecule has 2 N–H and O–H groups in total. The second kappa shape index (κ2) is 10.5. The van der Waals surface area contributed by atoms with Crippen LogP contribution in [0.25, 0.3) is 0 Å². The molecule has 2 aliphatic heterocycles. The second-order valence-corrected chi connectivity index (χ2v) is 11.5. The Morgan fingerprint density at radius 3 is 2.61 bits per heavy atom. The fraction of sp³-hybridized carbons (Fsp3) is 0.480. The second-order valence-electron chi connectivity index (χ2n) is 10.2. The van der Waals surface area contributed by atoms with E-state index in [0.717, 1.165) is 12.4 Å². The highest BCUT2D eigenvalue weighted by molar-refractivity contribution is 8.14. The number of hydrogen-bond donors (Lipinski definition) is 2. The van der Waals surface area contributed by atoms with Gasteiger partial charge in [0.15, 0.2) is 5.17 Å². The molecule has 2 aromatic rings. The highest BCUT2D eigenvalue weighted by atomic mass is 32.2. The number of carbonyl (C=O) groups is 2. The van der Waals surface area contributed by atoms with E-state index in [1.54, 1.807) is 20.8 Å². The molecule has 3 atom stereocenters. The van der Waals surface area contributed by atoms with Crippen molar-refractivity contribution in [2.75, 3.05) is 18.5 Å². The molecule has 0 bridgehead atoms. The number of amidine groups is 1. The zero-order chi connectivity index (χ0) is 27.8. The van der Waals surface area contributed by atoms with Gasteiger partial charge in [0.1, 0.15) is 22.7 Å². The third kappa shape index (κ3) is 5.35. The van der Waals surface area contributed by atoms with E-state index in [0.29, 0.717) is 13.0 Å². The molecule has 1 fully saturated rings. The van der Waals surface area contributed by atoms with Gasteiger partial charge in [0.2, 0.25) is 0 Å². The van der Waals surface area contributed by atoms with Crippen LogP contribution in [0.4, 0.5) is 23.7 Å². The maximum atomic E-state index is 15.5. The van der Waals surface area contributed by atoms with Gasteiger partial charge in [-0.25, -0.2) is 27.9 Å². The van der Waals surface area contributed by atoms with Crippen molar-refractivity contribution in [2.45, 2.75) is 56.9 Å². The van der Waals surface area contributed by atoms with Crippen molar-refractivity contribution in [3.8, 4) is 0 Å². The van der Waals surface area contributed by atoms with Crippen LogP contribution in [-0.2, 0) is 10.3 Å². The quantitative estimate of drug-likeness (QED) is 0.529. The van der Waals surface area contributed by atoms with E-state index >= 15 is 4.39 Å². The highest BCUT2D eigenvalue weighted by Crippen LogP contribution is 2.50. The number of halogens is 3. The number of fused-ring (bicyclic) bond motifs is 1. The van der Waals surface area contributed by atoms with Crippen LogP contribution in [0.1, 0.15) is 62.3 Å². The first-order valence-electron chi connectivity index (χ1n) is 11.9. The number of carbonyl (C=O) groups excluding carboxylic acids is 1. The number of aromatic nitrogens is 2. The molecule has 0 spiro atoms. The van der Waals surface area contributed by atoms with Crippen LogP contribution in [0, 0.1) is 11.7 Å². The summed E-state index contributed by atoms with van der Waals surface area (Å²) in [7, 11) is 0. The Bertz CT molecular complexity index is 1250. The Labute approximate surface area is 221 Å². The van der Waals surface area contributed by atoms with Crippen molar-refractivity contribution >= 4 is 34.6 Å². The summed E-state index contributed by atoms with van der Waals surface area (Å²) >= 11 is 1.33. The van der Waals surface area contributed by atoms with Crippen molar-refractivity contribution in [1.29, 1.82) is 0 Å². The number of carboxylic acid groups (broad SMARTS) is 1. The van der Waals surface area contributed by atoms with Crippen LogP contribution >= 0.6 is 11.8 Å². The van der Waals surface area contributed by atoms with Crippen LogP contribution in [0.5, 0.6) is 0 Å². The van der Waals surface area contributed by atoms with E-state index in [1.807, 2.05) is 6.92 Å². The van der Waals surface area contributed by atoms with Gasteiger partial charge in [-0.1, -0.05) is 18.7 Å². The average Bonchev–Trinajstić information content (AvgIpc) is 2.84. The predicted molar refractivity (Wildman–Crippen MR) is 136 cm³/mol. The summed E-state index contributed by atoms with van der Waals surface area (Å²) < 4.78 is 46.8. The van der Waals surface area contributed by atoms with E-state index in [2.05, 4.69) is 15.3 Å². The van der Waals surface area contributed by atoms with E-state index in [-0.39, 0.29) is 39.9 Å². The SMILES string of the molecule is CC1SC(N(C(=O)O)C(C)(C)C)=NC2(c3cc(NC(=O)c4cnc(C(F)F)cn4)ccc3F)COCCC12. The minimum absolute atomic E-state index is 0.0263. The van der Waals surface area contributed by atoms with Gasteiger partial charge in [-0.15, -0.1) is 0 Å². The molecule has 4 rings (SSSR count). The Morgan fingerprint density at radius 1 is 1.26 bits per heavy atom. The number of anilines is 1. The summed E-state index contributed by atoms with van der Waals surface area (Å²) in [6.07, 6.45) is -1.66. The fourth-order valence-electron chi connectivity index (χ4n) is 4.76. The number of thioether (sulfide) groups is 1. The maximum Gasteiger partial charge on any atom is 0.413 e. The third-order valence-electron chi connectivity index (χ3n) is 6.53. The van der Waals surface area contributed by atoms with Crippen molar-refractivity contribution < 1.29 is 32.6 Å². The van der Waals surface area contributed by atoms with Crippen molar-refractivity contribution in [1.82, 2.24) is 14.9 Å². The van der Waals surface area contributed by atoms with Crippen LogP contribution in [0.2, 0.25) is 0 Å². The summed E-state index contributed by atoms with van der Waals surface area (Å²) in [4.78, 5) is 38.2. The van der Waals surface area contributed by atoms with Crippen molar-refractivity contribution in [3.63, 3.8) is 0 Å². The van der Waals surface area contributed by atoms with Crippen molar-refractivity contribution in [3.05, 3.63) is 53.4 Å². The molecular formula is C25H28F3N5O4S. The minimum atomic E-state index is -2.82. The number of aliphatic imine (C=N–C) groups is 1. The predicted octanol–water partition coefficient (Wildman–Crippen LogP) is 5.31. The lowest BCUT2D eigenvalue weighted by molar-refractivity contribution is -0.00509. The van der Waals surface area contributed by atoms with Gasteiger partial charge >= 0.3 is 6.09 Å². The molecule has 38 heavy (non-hydrogen) atoms. The molecule has 13 heteroatoms. The lowest BCUT2D eigenvalue weighted by Gasteiger charge is -2.49. The van der Waals surface area contributed by atoms with Crippen molar-refractivity contribution in [2.24, 2.45) is 10.9 Å². The molecule has 0 saturated carbocycles. The summed E-state index contributed by atoms with van der Waals surface area (Å²) in [6, 6.07) is 4.00. The Balaban J connectivity index is 1.75. The van der Waals surface area contributed by atoms with Gasteiger partial charge in [-0.2, -0.15) is 0 Å². The molecule has 3 heterocycles. The van der Waals surface area contributed by atoms with E-state index < -0.39 is 41.0 Å². The number of benzene rings is 1. The zero-order valence-corrected chi connectivity index (χ0v) is 22.1. The number of amides is 2. The first-order valence-corrected chi connectivity index (χ1v) is 12.8. The number of hydrogen-bond acceptors (Lipinski definition) is 7. The molecule has 204 valence electrons. The lowest BCUT2D eigenvalue weighted by atomic mass is 9.74. The van der Waals surface area contributed by atoms with Gasteiger partial charge in [0, 0.05) is 34.6 Å². The van der Waals surface area contributed by atoms with Gasteiger partial charge < -0.3 is 15.2 Å². The van der Waals surface area contributed by atoms with Crippen LogP contribution in [0.15, 0.2) is 35.6 Å². The molecule has 1 aromatic carbocycles. The third-order valence-corrected chi connectivity index (χ3v) is 7.72. The number of alkyl halides is 2. The standard InChI is InChI=1S/C25H28F3N5O4S/c1-13-15-7-8-37-12-25(15,32-22(38-13)33(23(35)36)24(2,3)4)16-9-14(5-6-17(16)26)31-21(34)19-11-29-18(10-30-19)20(27)28/h5-6,9-11,13,15,20H,7-8,12H2,1-4H3,(H,31,34)(H,35,36). The van der Waals surface area contributed by atoms with E-state index in [9.17, 15) is 23.5 Å². The average molecular weight is 552 g/mol. The monoisotopic (exact) mass is 551 g/mol. The Hall–Kier alpha value is -3.19. The van der Waals surface area contributed by atoms with E-state index in [4.69, 9.17) is 9.73 Å². The molecule has 1 aromatic heterocycles. The van der Waals surface area contributed by atoms with E-state index in [1.165, 1.54) is 34.9 Å². The van der Waals surface area contributed by atoms with Crippen LogP contribution in [-0.4, -0.2) is 61.1 Å². The molecular weight excluding hydrogens is 523 g/mol. The first kappa shape index (κ1) is 27.8. The Kier molecular flexibility index (Phi) is 7.71. The van der Waals surface area contributed by atoms with Gasteiger partial charge in [0.05, 0.1) is 19.0 Å². The number of ether oxygens (including phenoxy) is 1. The Morgan fingerprint density at radius 2 is 2.00 bits per heavy atom. The number of nitrogens with zero attached hydrogens (tertiary/aromatic N) is 4. The molecule has 9 nitrogen and oxygen atoms in total. The topological polar surface area (TPSA) is 117 Å². The van der Waals surface area contributed by atoms with Crippen LogP contribution in [0.3, 0.4) is 0 Å². The molecule has 0 radical (unpaired) electrons. The summed E-state index contributed by atoms with van der Waals surface area (Å²) in [5.74, 6) is -1.47. The largest absolute Gasteiger partial charge is 0.465 e. The fourth-order valence-corrected chi connectivity index (χ4v) is 6.29. The molecule has 2 aliphatic rings. The normalized spacial score (nSPS) is 23.4. The first-order chi connectivity index (χ1) is 17.8.